The first kappa shape index (κ1) is 9.47. The lowest BCUT2D eigenvalue weighted by molar-refractivity contribution is 0.141. The molecule has 0 radical (unpaired) electrons. The monoisotopic (exact) mass is 182 g/mol. The number of nitrogens with zero attached hydrogens (tertiary/aromatic N) is 1. The van der Waals surface area contributed by atoms with Crippen LogP contribution in [0.15, 0.2) is 0 Å². The molecule has 1 unspecified atom stereocenters. The van der Waals surface area contributed by atoms with Crippen LogP contribution in [-0.2, 0) is 0 Å². The second kappa shape index (κ2) is 4.43. The molecule has 0 amide bonds. The standard InChI is InChI=1S/C11H22N2/c1-10(11-3-2-4-11)9-13-7-5-12-6-8-13/h10-12H,2-9H2,1H3. The highest BCUT2D eigenvalue weighted by molar-refractivity contribution is 4.78. The first-order valence-electron chi connectivity index (χ1n) is 5.79. The summed E-state index contributed by atoms with van der Waals surface area (Å²) < 4.78 is 0. The molecule has 0 aromatic heterocycles. The van der Waals surface area contributed by atoms with E-state index >= 15 is 0 Å². The lowest BCUT2D eigenvalue weighted by Crippen LogP contribution is -2.46. The average molecular weight is 182 g/mol. The Morgan fingerprint density at radius 2 is 2.00 bits per heavy atom. The minimum atomic E-state index is 0.937. The Hall–Kier alpha value is -0.0800. The zero-order valence-electron chi connectivity index (χ0n) is 8.76. The maximum absolute atomic E-state index is 3.40. The highest BCUT2D eigenvalue weighted by atomic mass is 15.2. The lowest BCUT2D eigenvalue weighted by Gasteiger charge is -2.36. The summed E-state index contributed by atoms with van der Waals surface area (Å²) in [4.78, 5) is 2.62. The second-order valence-electron chi connectivity index (χ2n) is 4.72. The summed E-state index contributed by atoms with van der Waals surface area (Å²) in [5, 5.41) is 3.40. The smallest absolute Gasteiger partial charge is 0.0107 e. The Morgan fingerprint density at radius 1 is 1.31 bits per heavy atom. The van der Waals surface area contributed by atoms with E-state index in [2.05, 4.69) is 17.1 Å². The topological polar surface area (TPSA) is 15.3 Å². The fourth-order valence-corrected chi connectivity index (χ4v) is 2.46. The Balaban J connectivity index is 1.69. The van der Waals surface area contributed by atoms with Crippen molar-refractivity contribution >= 4 is 0 Å². The van der Waals surface area contributed by atoms with Gasteiger partial charge in [0.05, 0.1) is 0 Å². The van der Waals surface area contributed by atoms with E-state index in [-0.39, 0.29) is 0 Å². The molecule has 0 bridgehead atoms. The SMILES string of the molecule is CC(CN1CCNCC1)C1CCC1. The van der Waals surface area contributed by atoms with Crippen LogP contribution in [0.5, 0.6) is 0 Å². The van der Waals surface area contributed by atoms with Crippen LogP contribution in [0.1, 0.15) is 26.2 Å². The van der Waals surface area contributed by atoms with Crippen molar-refractivity contribution in [1.82, 2.24) is 10.2 Å². The Morgan fingerprint density at radius 3 is 2.54 bits per heavy atom. The summed E-state index contributed by atoms with van der Waals surface area (Å²) in [5.41, 5.74) is 0. The second-order valence-corrected chi connectivity index (χ2v) is 4.72. The molecule has 2 heteroatoms. The highest BCUT2D eigenvalue weighted by Crippen LogP contribution is 2.33. The number of piperazine rings is 1. The first-order chi connectivity index (χ1) is 6.36. The summed E-state index contributed by atoms with van der Waals surface area (Å²) in [5.74, 6) is 1.99. The predicted molar refractivity (Wildman–Crippen MR) is 55.8 cm³/mol. The molecular weight excluding hydrogens is 160 g/mol. The lowest BCUT2D eigenvalue weighted by atomic mass is 9.76. The average Bonchev–Trinajstić information content (AvgIpc) is 2.02. The van der Waals surface area contributed by atoms with Crippen LogP contribution >= 0.6 is 0 Å². The van der Waals surface area contributed by atoms with Crippen LogP contribution in [0.2, 0.25) is 0 Å². The third-order valence-electron chi connectivity index (χ3n) is 3.71. The molecule has 1 saturated heterocycles. The Bertz CT molecular complexity index is 148. The van der Waals surface area contributed by atoms with E-state index in [0.717, 1.165) is 11.8 Å². The molecule has 13 heavy (non-hydrogen) atoms. The van der Waals surface area contributed by atoms with Gasteiger partial charge in [0.15, 0.2) is 0 Å². The molecule has 2 rings (SSSR count). The summed E-state index contributed by atoms with van der Waals surface area (Å²) in [6.45, 7) is 8.68. The van der Waals surface area contributed by atoms with Crippen LogP contribution in [0.4, 0.5) is 0 Å². The van der Waals surface area contributed by atoms with E-state index in [0.29, 0.717) is 0 Å². The molecule has 1 heterocycles. The molecule has 2 nitrogen and oxygen atoms in total. The maximum atomic E-state index is 3.40. The van der Waals surface area contributed by atoms with Gasteiger partial charge in [-0.15, -0.1) is 0 Å². The summed E-state index contributed by atoms with van der Waals surface area (Å²) in [7, 11) is 0. The first-order valence-corrected chi connectivity index (χ1v) is 5.79. The van der Waals surface area contributed by atoms with Crippen LogP contribution in [0, 0.1) is 11.8 Å². The number of rotatable bonds is 3. The molecule has 1 atom stereocenters. The molecule has 0 spiro atoms. The van der Waals surface area contributed by atoms with Crippen molar-refractivity contribution in [3.63, 3.8) is 0 Å². The molecule has 1 aliphatic carbocycles. The summed E-state index contributed by atoms with van der Waals surface area (Å²) >= 11 is 0. The van der Waals surface area contributed by atoms with E-state index < -0.39 is 0 Å². The Labute approximate surface area is 81.7 Å². The summed E-state index contributed by atoms with van der Waals surface area (Å²) in [6.07, 6.45) is 4.47. The van der Waals surface area contributed by atoms with E-state index in [1.807, 2.05) is 0 Å². The molecule has 1 saturated carbocycles. The molecule has 2 fully saturated rings. The normalized spacial score (nSPS) is 28.4. The molecule has 1 aliphatic heterocycles. The fourth-order valence-electron chi connectivity index (χ4n) is 2.46. The van der Waals surface area contributed by atoms with Crippen molar-refractivity contribution in [2.24, 2.45) is 11.8 Å². The van der Waals surface area contributed by atoms with Crippen LogP contribution in [0.25, 0.3) is 0 Å². The van der Waals surface area contributed by atoms with Crippen LogP contribution < -0.4 is 5.32 Å². The molecule has 0 aromatic carbocycles. The Kier molecular flexibility index (Phi) is 3.23. The van der Waals surface area contributed by atoms with Gasteiger partial charge in [-0.3, -0.25) is 0 Å². The van der Waals surface area contributed by atoms with Gasteiger partial charge in [-0.2, -0.15) is 0 Å². The van der Waals surface area contributed by atoms with Gasteiger partial charge in [-0.1, -0.05) is 26.2 Å². The van der Waals surface area contributed by atoms with Crippen molar-refractivity contribution in [1.29, 1.82) is 0 Å². The molecular formula is C11H22N2. The minimum Gasteiger partial charge on any atom is -0.314 e. The van der Waals surface area contributed by atoms with Gasteiger partial charge in [0, 0.05) is 32.7 Å². The molecule has 2 aliphatic rings. The van der Waals surface area contributed by atoms with Gasteiger partial charge in [0.25, 0.3) is 0 Å². The van der Waals surface area contributed by atoms with Crippen molar-refractivity contribution in [2.75, 3.05) is 32.7 Å². The van der Waals surface area contributed by atoms with Gasteiger partial charge < -0.3 is 10.2 Å². The molecule has 76 valence electrons. The largest absolute Gasteiger partial charge is 0.314 e. The van der Waals surface area contributed by atoms with Gasteiger partial charge in [-0.25, -0.2) is 0 Å². The van der Waals surface area contributed by atoms with E-state index in [1.165, 1.54) is 52.0 Å². The quantitative estimate of drug-likeness (QED) is 0.708. The summed E-state index contributed by atoms with van der Waals surface area (Å²) in [6, 6.07) is 0. The number of hydrogen-bond donors (Lipinski definition) is 1. The minimum absolute atomic E-state index is 0.937. The zero-order valence-corrected chi connectivity index (χ0v) is 8.76. The molecule has 1 N–H and O–H groups in total. The third-order valence-corrected chi connectivity index (χ3v) is 3.71. The van der Waals surface area contributed by atoms with Gasteiger partial charge in [0.1, 0.15) is 0 Å². The van der Waals surface area contributed by atoms with Crippen molar-refractivity contribution in [2.45, 2.75) is 26.2 Å². The van der Waals surface area contributed by atoms with Crippen molar-refractivity contribution < 1.29 is 0 Å². The fraction of sp³-hybridized carbons (Fsp3) is 1.00. The predicted octanol–water partition coefficient (Wildman–Crippen LogP) is 1.33. The van der Waals surface area contributed by atoms with Crippen LogP contribution in [0.3, 0.4) is 0 Å². The van der Waals surface area contributed by atoms with E-state index in [1.54, 1.807) is 0 Å². The van der Waals surface area contributed by atoms with E-state index in [4.69, 9.17) is 0 Å². The number of hydrogen-bond acceptors (Lipinski definition) is 2. The zero-order chi connectivity index (χ0) is 9.10. The van der Waals surface area contributed by atoms with Crippen molar-refractivity contribution in [3.05, 3.63) is 0 Å². The maximum Gasteiger partial charge on any atom is 0.0107 e. The van der Waals surface area contributed by atoms with E-state index in [9.17, 15) is 0 Å². The third kappa shape index (κ3) is 2.44. The van der Waals surface area contributed by atoms with Crippen LogP contribution in [-0.4, -0.2) is 37.6 Å². The van der Waals surface area contributed by atoms with Crippen molar-refractivity contribution in [3.8, 4) is 0 Å². The highest BCUT2D eigenvalue weighted by Gasteiger charge is 2.25. The van der Waals surface area contributed by atoms with Gasteiger partial charge in [-0.05, 0) is 11.8 Å². The number of nitrogens with one attached hydrogen (secondary N) is 1. The molecule has 0 aromatic rings. The van der Waals surface area contributed by atoms with Gasteiger partial charge >= 0.3 is 0 Å². The van der Waals surface area contributed by atoms with Gasteiger partial charge in [0.2, 0.25) is 0 Å².